The second-order valence-corrected chi connectivity index (χ2v) is 5.38. The molecule has 3 aliphatic heterocycles. The van der Waals surface area contributed by atoms with E-state index in [9.17, 15) is 4.79 Å². The second kappa shape index (κ2) is 4.72. The maximum Gasteiger partial charge on any atom is 0.300 e. The summed E-state index contributed by atoms with van der Waals surface area (Å²) in [6.45, 7) is 1.52. The topological polar surface area (TPSA) is 96.6 Å². The highest BCUT2D eigenvalue weighted by molar-refractivity contribution is 6.31. The van der Waals surface area contributed by atoms with Gasteiger partial charge in [0.2, 0.25) is 0 Å². The van der Waals surface area contributed by atoms with Crippen LogP contribution in [0.5, 0.6) is 0 Å². The van der Waals surface area contributed by atoms with Gasteiger partial charge < -0.3 is 9.32 Å². The Bertz CT molecular complexity index is 739. The Morgan fingerprint density at radius 1 is 1.36 bits per heavy atom. The minimum Gasteiger partial charge on any atom is -0.461 e. The van der Waals surface area contributed by atoms with Gasteiger partial charge in [0.15, 0.2) is 17.7 Å². The largest absolute Gasteiger partial charge is 0.461 e. The highest BCUT2D eigenvalue weighted by Crippen LogP contribution is 2.23. The van der Waals surface area contributed by atoms with Gasteiger partial charge in [-0.05, 0) is 34.8 Å². The molecule has 8 nitrogen and oxygen atoms in total. The third-order valence-electron chi connectivity index (χ3n) is 3.84. The van der Waals surface area contributed by atoms with Crippen molar-refractivity contribution in [2.45, 2.75) is 12.8 Å². The summed E-state index contributed by atoms with van der Waals surface area (Å²) < 4.78 is 4.87. The lowest BCUT2D eigenvalue weighted by Crippen LogP contribution is -2.51. The predicted molar refractivity (Wildman–Crippen MR) is 79.5 cm³/mol. The molecule has 1 atom stereocenters. The van der Waals surface area contributed by atoms with E-state index in [1.807, 2.05) is 0 Å². The van der Waals surface area contributed by atoms with Gasteiger partial charge in [0.25, 0.3) is 17.6 Å². The molecule has 0 saturated carbocycles. The van der Waals surface area contributed by atoms with Crippen LogP contribution in [-0.4, -0.2) is 46.5 Å². The molecule has 3 aliphatic rings. The predicted octanol–water partition coefficient (Wildman–Crippen LogP) is 0.592. The number of nitrogens with two attached hydrogens (primary N) is 1. The van der Waals surface area contributed by atoms with E-state index in [0.717, 1.165) is 25.9 Å². The summed E-state index contributed by atoms with van der Waals surface area (Å²) in [6.07, 6.45) is 6.61. The average molecular weight is 299 g/mol. The first kappa shape index (κ1) is 13.1. The van der Waals surface area contributed by atoms with Crippen molar-refractivity contribution in [1.29, 1.82) is 0 Å². The highest BCUT2D eigenvalue weighted by Gasteiger charge is 2.41. The van der Waals surface area contributed by atoms with Crippen molar-refractivity contribution in [3.63, 3.8) is 0 Å². The van der Waals surface area contributed by atoms with Crippen LogP contribution in [0.2, 0.25) is 0 Å². The Kier molecular flexibility index (Phi) is 2.81. The first-order chi connectivity index (χ1) is 10.7. The van der Waals surface area contributed by atoms with Crippen molar-refractivity contribution in [3.8, 4) is 0 Å². The van der Waals surface area contributed by atoms with Crippen LogP contribution in [-0.2, 0) is 4.79 Å². The maximum absolute atomic E-state index is 12.4. The second-order valence-electron chi connectivity index (χ2n) is 5.38. The minimum atomic E-state index is -0.408. The number of carbonyl (C=O) groups is 1. The van der Waals surface area contributed by atoms with E-state index < -0.39 is 4.70 Å². The number of hydrogen-bond acceptors (Lipinski definition) is 6. The molecule has 1 saturated heterocycles. The van der Waals surface area contributed by atoms with E-state index in [-0.39, 0.29) is 5.91 Å². The van der Waals surface area contributed by atoms with E-state index in [0.29, 0.717) is 23.1 Å². The number of furan rings is 1. The van der Waals surface area contributed by atoms with Gasteiger partial charge >= 0.3 is 0 Å². The van der Waals surface area contributed by atoms with Gasteiger partial charge in [-0.3, -0.25) is 4.79 Å². The Morgan fingerprint density at radius 3 is 2.91 bits per heavy atom. The number of aliphatic imine (C=N–C) groups is 2. The van der Waals surface area contributed by atoms with Gasteiger partial charge in [0, 0.05) is 13.1 Å². The Morgan fingerprint density at radius 2 is 2.18 bits per heavy atom. The number of quaternary nitrogens is 1. The van der Waals surface area contributed by atoms with Crippen molar-refractivity contribution in [1.82, 2.24) is 4.90 Å². The normalized spacial score (nSPS) is 26.6. The fraction of sp³-hybridized carbons (Fsp3) is 0.286. The molecule has 0 aromatic carbocycles. The lowest BCUT2D eigenvalue weighted by atomic mass is 10.3. The first-order valence-corrected chi connectivity index (χ1v) is 7.13. The fourth-order valence-electron chi connectivity index (χ4n) is 2.69. The van der Waals surface area contributed by atoms with Gasteiger partial charge in [0.05, 0.1) is 6.26 Å². The molecule has 4 rings (SSSR count). The molecule has 1 unspecified atom stereocenters. The molecule has 8 heteroatoms. The summed E-state index contributed by atoms with van der Waals surface area (Å²) >= 11 is 0. The smallest absolute Gasteiger partial charge is 0.300 e. The van der Waals surface area contributed by atoms with Crippen molar-refractivity contribution < 1.29 is 13.9 Å². The summed E-state index contributed by atoms with van der Waals surface area (Å²) in [4.78, 5) is 22.7. The summed E-state index contributed by atoms with van der Waals surface area (Å²) in [5.74, 6) is 7.48. The molecular weight excluding hydrogens is 284 g/mol. The van der Waals surface area contributed by atoms with E-state index in [2.05, 4.69) is 15.1 Å². The van der Waals surface area contributed by atoms with E-state index in [1.54, 1.807) is 23.3 Å². The molecule has 0 radical (unpaired) electrons. The van der Waals surface area contributed by atoms with Crippen LogP contribution < -0.4 is 5.84 Å². The maximum atomic E-state index is 12.4. The summed E-state index contributed by atoms with van der Waals surface area (Å²) in [6, 6.07) is 3.51. The molecule has 1 amide bonds. The number of hydrogen-bond donors (Lipinski definition) is 1. The van der Waals surface area contributed by atoms with E-state index >= 15 is 0 Å². The molecule has 0 aliphatic carbocycles. The molecule has 1 aromatic rings. The number of carbonyl (C=O) groups excluding carboxylic acids is 1. The lowest BCUT2D eigenvalue weighted by molar-refractivity contribution is -0.803. The van der Waals surface area contributed by atoms with Crippen molar-refractivity contribution >= 4 is 23.8 Å². The highest BCUT2D eigenvalue weighted by atomic mass is 16.3. The molecular formula is C14H15N6O2+. The van der Waals surface area contributed by atoms with Crippen LogP contribution in [0.4, 0.5) is 0 Å². The number of likely N-dealkylation sites (tertiary alicyclic amines) is 1. The van der Waals surface area contributed by atoms with Gasteiger partial charge in [-0.15, -0.1) is 5.84 Å². The number of amides is 1. The average Bonchev–Trinajstić information content (AvgIpc) is 3.24. The van der Waals surface area contributed by atoms with Crippen LogP contribution in [0.25, 0.3) is 0 Å². The number of nitrogens with zero attached hydrogens (tertiary/aromatic N) is 5. The summed E-state index contributed by atoms with van der Waals surface area (Å²) in [5, 5.41) is 4.34. The van der Waals surface area contributed by atoms with Gasteiger partial charge in [-0.2, -0.15) is 4.99 Å². The minimum absolute atomic E-state index is 0.114. The molecule has 0 bridgehead atoms. The number of amidine groups is 2. The first-order valence-electron chi connectivity index (χ1n) is 7.13. The Labute approximate surface area is 126 Å². The Balaban J connectivity index is 1.66. The number of fused-ring (bicyclic) bond motifs is 1. The quantitative estimate of drug-likeness (QED) is 0.639. The van der Waals surface area contributed by atoms with Crippen molar-refractivity contribution in [3.05, 3.63) is 36.1 Å². The van der Waals surface area contributed by atoms with Crippen molar-refractivity contribution in [2.75, 3.05) is 13.1 Å². The van der Waals surface area contributed by atoms with Crippen molar-refractivity contribution in [2.24, 2.45) is 20.9 Å². The van der Waals surface area contributed by atoms with Crippen LogP contribution in [0.3, 0.4) is 0 Å². The van der Waals surface area contributed by atoms with E-state index in [4.69, 9.17) is 10.3 Å². The molecule has 1 aromatic heterocycles. The lowest BCUT2D eigenvalue weighted by Gasteiger charge is -2.21. The van der Waals surface area contributed by atoms with E-state index in [1.165, 1.54) is 12.4 Å². The molecule has 22 heavy (non-hydrogen) atoms. The molecule has 0 spiro atoms. The zero-order chi connectivity index (χ0) is 15.2. The zero-order valence-corrected chi connectivity index (χ0v) is 11.8. The van der Waals surface area contributed by atoms with Crippen LogP contribution in [0.15, 0.2) is 49.8 Å². The molecule has 1 fully saturated rings. The third-order valence-corrected chi connectivity index (χ3v) is 3.84. The zero-order valence-electron chi connectivity index (χ0n) is 11.8. The third kappa shape index (κ3) is 2.00. The summed E-state index contributed by atoms with van der Waals surface area (Å²) in [5.41, 5.74) is 0.299. The Hall–Kier alpha value is -2.58. The monoisotopic (exact) mass is 299 g/mol. The van der Waals surface area contributed by atoms with Crippen LogP contribution >= 0.6 is 0 Å². The summed E-state index contributed by atoms with van der Waals surface area (Å²) in [7, 11) is 0. The molecule has 4 heterocycles. The number of rotatable bonds is 2. The van der Waals surface area contributed by atoms with Gasteiger partial charge in [-0.25, -0.2) is 4.99 Å². The van der Waals surface area contributed by atoms with Crippen LogP contribution in [0.1, 0.15) is 18.6 Å². The standard InChI is InChI=1S/C14H15N6O2/c15-20-9-10(14(21)19-5-1-2-6-19)16-8-12(20)17-13(18-20)11-4-3-7-22-11/h3-4,7-9H,1-2,5-6,15H2/q+1. The molecule has 112 valence electrons. The van der Waals surface area contributed by atoms with Gasteiger partial charge in [0.1, 0.15) is 6.21 Å². The SMILES string of the molecule is N[N+]12C=C(C(=O)N3CCCC3)N=CC1=NC(c1ccco1)=N2. The molecule has 2 N–H and O–H groups in total. The van der Waals surface area contributed by atoms with Gasteiger partial charge in [-0.1, -0.05) is 0 Å². The van der Waals surface area contributed by atoms with Crippen LogP contribution in [0, 0.1) is 0 Å². The fourth-order valence-corrected chi connectivity index (χ4v) is 2.69.